The fourth-order valence-electron chi connectivity index (χ4n) is 4.24. The van der Waals surface area contributed by atoms with Crippen LogP contribution in [0.15, 0.2) is 61.1 Å². The maximum absolute atomic E-state index is 12.9. The van der Waals surface area contributed by atoms with Crippen molar-refractivity contribution < 1.29 is 4.79 Å². The summed E-state index contributed by atoms with van der Waals surface area (Å²) in [6.45, 7) is 5.74. The van der Waals surface area contributed by atoms with Gasteiger partial charge in [0.2, 0.25) is 0 Å². The average molecular weight is 521 g/mol. The highest BCUT2D eigenvalue weighted by molar-refractivity contribution is 5.92. The molecule has 1 atom stereocenters. The molecule has 1 fully saturated rings. The van der Waals surface area contributed by atoms with Crippen molar-refractivity contribution in [3.8, 4) is 17.2 Å². The number of aromatic amines is 1. The van der Waals surface area contributed by atoms with Crippen molar-refractivity contribution in [3.05, 3.63) is 89.4 Å². The first-order chi connectivity index (χ1) is 18.9. The van der Waals surface area contributed by atoms with Gasteiger partial charge in [-0.15, -0.1) is 0 Å². The van der Waals surface area contributed by atoms with E-state index in [1.807, 2.05) is 51.2 Å². The van der Waals surface area contributed by atoms with Crippen molar-refractivity contribution in [3.63, 3.8) is 0 Å². The first-order valence-electron chi connectivity index (χ1n) is 12.9. The molecule has 11 heteroatoms. The molecular formula is C28H28N10O. The van der Waals surface area contributed by atoms with E-state index in [0.717, 1.165) is 28.5 Å². The Labute approximate surface area is 225 Å². The van der Waals surface area contributed by atoms with Crippen LogP contribution in [0, 0.1) is 13.8 Å². The molecule has 1 amide bonds. The van der Waals surface area contributed by atoms with Crippen molar-refractivity contribution in [2.45, 2.75) is 45.6 Å². The number of nitrogens with one attached hydrogen (secondary N) is 3. The van der Waals surface area contributed by atoms with E-state index in [4.69, 9.17) is 0 Å². The lowest BCUT2D eigenvalue weighted by atomic mass is 10.1. The van der Waals surface area contributed by atoms with Crippen LogP contribution in [0.2, 0.25) is 0 Å². The van der Waals surface area contributed by atoms with Crippen molar-refractivity contribution in [2.75, 3.05) is 5.32 Å². The molecular weight excluding hydrogens is 492 g/mol. The molecule has 196 valence electrons. The fourth-order valence-corrected chi connectivity index (χ4v) is 4.24. The molecule has 5 aromatic heterocycles. The lowest BCUT2D eigenvalue weighted by Crippen LogP contribution is -2.27. The largest absolute Gasteiger partial charge is 0.344 e. The highest BCUT2D eigenvalue weighted by atomic mass is 16.1. The zero-order valence-electron chi connectivity index (χ0n) is 21.9. The fraction of sp³-hybridized carbons (Fsp3) is 0.250. The molecule has 5 aromatic rings. The molecule has 0 bridgehead atoms. The van der Waals surface area contributed by atoms with Crippen LogP contribution in [-0.4, -0.2) is 45.8 Å². The van der Waals surface area contributed by atoms with E-state index < -0.39 is 0 Å². The molecule has 1 aliphatic carbocycles. The van der Waals surface area contributed by atoms with Gasteiger partial charge in [-0.2, -0.15) is 10.2 Å². The Morgan fingerprint density at radius 2 is 1.90 bits per heavy atom. The summed E-state index contributed by atoms with van der Waals surface area (Å²) in [7, 11) is 0. The second-order valence-electron chi connectivity index (χ2n) is 9.82. The number of rotatable bonds is 8. The van der Waals surface area contributed by atoms with E-state index in [-0.39, 0.29) is 11.9 Å². The zero-order valence-corrected chi connectivity index (χ0v) is 21.9. The Kier molecular flexibility index (Phi) is 6.31. The Hall–Kier alpha value is -4.93. The molecule has 1 saturated carbocycles. The summed E-state index contributed by atoms with van der Waals surface area (Å²) < 4.78 is 1.79. The summed E-state index contributed by atoms with van der Waals surface area (Å²) in [5, 5.41) is 17.9. The first-order valence-corrected chi connectivity index (χ1v) is 12.9. The van der Waals surface area contributed by atoms with Gasteiger partial charge < -0.3 is 10.6 Å². The summed E-state index contributed by atoms with van der Waals surface area (Å²) in [4.78, 5) is 30.9. The van der Waals surface area contributed by atoms with Gasteiger partial charge in [-0.3, -0.25) is 14.9 Å². The SMILES string of the molecule is Cc1cc(Nc2cc(C)[nH]n2)nc(-c2ccc(C(=O)N[C@@H](C)c3ccc(-n4ccc(C5CC5)n4)nc3)nc2)n1. The molecule has 1 aliphatic rings. The number of amides is 1. The predicted octanol–water partition coefficient (Wildman–Crippen LogP) is 4.57. The first kappa shape index (κ1) is 24.4. The van der Waals surface area contributed by atoms with Gasteiger partial charge >= 0.3 is 0 Å². The van der Waals surface area contributed by atoms with Gasteiger partial charge in [0, 0.05) is 53.6 Å². The Morgan fingerprint density at radius 1 is 1.03 bits per heavy atom. The highest BCUT2D eigenvalue weighted by Gasteiger charge is 2.26. The monoisotopic (exact) mass is 520 g/mol. The third-order valence-electron chi connectivity index (χ3n) is 6.53. The maximum Gasteiger partial charge on any atom is 0.270 e. The number of H-pyrrole nitrogens is 1. The van der Waals surface area contributed by atoms with Crippen LogP contribution in [0.25, 0.3) is 17.2 Å². The van der Waals surface area contributed by atoms with E-state index in [0.29, 0.717) is 34.6 Å². The van der Waals surface area contributed by atoms with Gasteiger partial charge in [0.25, 0.3) is 5.91 Å². The van der Waals surface area contributed by atoms with Crippen LogP contribution < -0.4 is 10.6 Å². The normalized spacial score (nSPS) is 13.7. The van der Waals surface area contributed by atoms with Crippen LogP contribution >= 0.6 is 0 Å². The van der Waals surface area contributed by atoms with E-state index in [1.165, 1.54) is 12.8 Å². The number of hydrogen-bond acceptors (Lipinski definition) is 8. The third-order valence-corrected chi connectivity index (χ3v) is 6.53. The van der Waals surface area contributed by atoms with Gasteiger partial charge in [0.1, 0.15) is 11.5 Å². The molecule has 39 heavy (non-hydrogen) atoms. The second kappa shape index (κ2) is 10.1. The molecule has 5 heterocycles. The van der Waals surface area contributed by atoms with E-state index in [9.17, 15) is 4.79 Å². The Morgan fingerprint density at radius 3 is 2.59 bits per heavy atom. The molecule has 0 spiro atoms. The summed E-state index contributed by atoms with van der Waals surface area (Å²) in [5.41, 5.74) is 4.75. The highest BCUT2D eigenvalue weighted by Crippen LogP contribution is 2.39. The molecule has 0 aromatic carbocycles. The summed E-state index contributed by atoms with van der Waals surface area (Å²) in [6.07, 6.45) is 7.73. The molecule has 3 N–H and O–H groups in total. The van der Waals surface area contributed by atoms with Crippen molar-refractivity contribution in [1.82, 2.24) is 45.2 Å². The number of carbonyl (C=O) groups excluding carboxylic acids is 1. The van der Waals surface area contributed by atoms with Crippen LogP contribution in [0.3, 0.4) is 0 Å². The summed E-state index contributed by atoms with van der Waals surface area (Å²) >= 11 is 0. The maximum atomic E-state index is 12.9. The number of carbonyl (C=O) groups is 1. The number of nitrogens with zero attached hydrogens (tertiary/aromatic N) is 7. The molecule has 0 radical (unpaired) electrons. The van der Waals surface area contributed by atoms with Crippen LogP contribution in [0.5, 0.6) is 0 Å². The van der Waals surface area contributed by atoms with E-state index in [1.54, 1.807) is 29.2 Å². The van der Waals surface area contributed by atoms with Crippen LogP contribution in [0.4, 0.5) is 11.6 Å². The summed E-state index contributed by atoms with van der Waals surface area (Å²) in [6, 6.07) is 12.9. The number of hydrogen-bond donors (Lipinski definition) is 3. The minimum atomic E-state index is -0.277. The predicted molar refractivity (Wildman–Crippen MR) is 146 cm³/mol. The molecule has 6 rings (SSSR count). The van der Waals surface area contributed by atoms with Gasteiger partial charge in [0.05, 0.1) is 11.7 Å². The minimum Gasteiger partial charge on any atom is -0.344 e. The van der Waals surface area contributed by atoms with Gasteiger partial charge in [0.15, 0.2) is 17.5 Å². The topological polar surface area (TPSA) is 139 Å². The lowest BCUT2D eigenvalue weighted by molar-refractivity contribution is 0.0935. The average Bonchev–Trinajstić information content (AvgIpc) is 3.53. The van der Waals surface area contributed by atoms with Gasteiger partial charge in [-0.1, -0.05) is 6.07 Å². The van der Waals surface area contributed by atoms with Gasteiger partial charge in [-0.25, -0.2) is 19.6 Å². The second-order valence-corrected chi connectivity index (χ2v) is 9.82. The van der Waals surface area contributed by atoms with Crippen molar-refractivity contribution in [1.29, 1.82) is 0 Å². The number of anilines is 2. The smallest absolute Gasteiger partial charge is 0.270 e. The number of aromatic nitrogens is 8. The van der Waals surface area contributed by atoms with Crippen LogP contribution in [-0.2, 0) is 0 Å². The van der Waals surface area contributed by atoms with Crippen molar-refractivity contribution in [2.24, 2.45) is 0 Å². The Bertz CT molecular complexity index is 1620. The quantitative estimate of drug-likeness (QED) is 0.270. The minimum absolute atomic E-state index is 0.250. The van der Waals surface area contributed by atoms with E-state index in [2.05, 4.69) is 51.9 Å². The van der Waals surface area contributed by atoms with E-state index >= 15 is 0 Å². The standard InChI is InChI=1S/C28H28N10O/c1-16-12-24(33-25-13-17(2)35-36-25)34-27(31-16)21-6-8-23(29-15-21)28(39)32-18(3)20-7-9-26(30-14-20)38-11-10-22(37-38)19-4-5-19/h6-15,18-19H,4-5H2,1-3H3,(H,32,39)(H2,31,33,34,35,36)/t18-/m0/s1. The van der Waals surface area contributed by atoms with Crippen LogP contribution in [0.1, 0.15) is 64.9 Å². The molecule has 0 aliphatic heterocycles. The van der Waals surface area contributed by atoms with Gasteiger partial charge in [-0.05, 0) is 63.4 Å². The lowest BCUT2D eigenvalue weighted by Gasteiger charge is -2.14. The molecule has 11 nitrogen and oxygen atoms in total. The number of pyridine rings is 2. The van der Waals surface area contributed by atoms with Crippen molar-refractivity contribution >= 4 is 17.5 Å². The number of aryl methyl sites for hydroxylation is 2. The third kappa shape index (κ3) is 5.52. The molecule has 0 saturated heterocycles. The Balaban J connectivity index is 1.10. The molecule has 0 unspecified atom stereocenters. The summed E-state index contributed by atoms with van der Waals surface area (Å²) in [5.74, 6) is 2.86. The zero-order chi connectivity index (χ0) is 26.9.